The van der Waals surface area contributed by atoms with Gasteiger partial charge in [0, 0.05) is 24.3 Å². The molecular formula is C25H23N3O4. The van der Waals surface area contributed by atoms with E-state index in [1.54, 1.807) is 35.2 Å². The maximum atomic E-state index is 13.0. The molecule has 0 aromatic heterocycles. The normalized spacial score (nSPS) is 12.7. The molecule has 0 unspecified atom stereocenters. The summed E-state index contributed by atoms with van der Waals surface area (Å²) >= 11 is 0. The van der Waals surface area contributed by atoms with Crippen LogP contribution in [-0.4, -0.2) is 34.5 Å². The van der Waals surface area contributed by atoms with Crippen molar-refractivity contribution >= 4 is 23.5 Å². The molecule has 3 N–H and O–H groups in total. The molecular weight excluding hydrogens is 406 g/mol. The number of hydrogen-bond donors (Lipinski definition) is 3. The molecule has 32 heavy (non-hydrogen) atoms. The van der Waals surface area contributed by atoms with Crippen molar-refractivity contribution in [3.05, 3.63) is 100 Å². The fourth-order valence-electron chi connectivity index (χ4n) is 3.53. The highest BCUT2D eigenvalue weighted by molar-refractivity contribution is 6.04. The van der Waals surface area contributed by atoms with Gasteiger partial charge in [-0.05, 0) is 48.4 Å². The maximum Gasteiger partial charge on any atom is 0.335 e. The van der Waals surface area contributed by atoms with Crippen LogP contribution < -0.4 is 10.6 Å². The van der Waals surface area contributed by atoms with Crippen LogP contribution in [0, 0.1) is 6.92 Å². The highest BCUT2D eigenvalue weighted by Crippen LogP contribution is 2.25. The molecule has 0 bridgehead atoms. The van der Waals surface area contributed by atoms with E-state index in [-0.39, 0.29) is 17.4 Å². The number of anilines is 1. The Morgan fingerprint density at radius 2 is 1.62 bits per heavy atom. The standard InChI is InChI=1S/C25H23N3O4/c1-16-2-4-17(5-3-16)13-26-23(29)20-10-11-22-21(12-20)24(30)28(15-27-22)14-18-6-8-19(9-7-18)25(31)32/h2-12,27H,13-15H2,1H3,(H,26,29)(H,31,32). The highest BCUT2D eigenvalue weighted by Gasteiger charge is 2.25. The number of aromatic carboxylic acids is 1. The Balaban J connectivity index is 1.45. The SMILES string of the molecule is Cc1ccc(CNC(=O)c2ccc3c(c2)C(=O)N(Cc2ccc(C(=O)O)cc2)CN3)cc1. The van der Waals surface area contributed by atoms with Gasteiger partial charge in [-0.15, -0.1) is 0 Å². The lowest BCUT2D eigenvalue weighted by Gasteiger charge is -2.30. The summed E-state index contributed by atoms with van der Waals surface area (Å²) < 4.78 is 0. The molecule has 0 saturated heterocycles. The van der Waals surface area contributed by atoms with E-state index in [2.05, 4.69) is 10.6 Å². The Labute approximate surface area is 185 Å². The minimum Gasteiger partial charge on any atom is -0.478 e. The summed E-state index contributed by atoms with van der Waals surface area (Å²) in [5.41, 5.74) is 4.70. The Morgan fingerprint density at radius 1 is 0.969 bits per heavy atom. The van der Waals surface area contributed by atoms with Crippen LogP contribution in [0.1, 0.15) is 47.8 Å². The lowest BCUT2D eigenvalue weighted by molar-refractivity contribution is 0.0694. The van der Waals surface area contributed by atoms with Gasteiger partial charge >= 0.3 is 5.97 Å². The molecule has 7 heteroatoms. The van der Waals surface area contributed by atoms with Gasteiger partial charge in [0.05, 0.1) is 17.8 Å². The van der Waals surface area contributed by atoms with Crippen molar-refractivity contribution in [3.63, 3.8) is 0 Å². The summed E-state index contributed by atoms with van der Waals surface area (Å²) in [6, 6.07) is 19.4. The second-order valence-electron chi connectivity index (χ2n) is 7.77. The molecule has 162 valence electrons. The van der Waals surface area contributed by atoms with Crippen molar-refractivity contribution in [1.29, 1.82) is 0 Å². The zero-order valence-corrected chi connectivity index (χ0v) is 17.6. The van der Waals surface area contributed by atoms with E-state index in [1.807, 2.05) is 31.2 Å². The van der Waals surface area contributed by atoms with Crippen LogP contribution >= 0.6 is 0 Å². The van der Waals surface area contributed by atoms with E-state index in [0.29, 0.717) is 36.6 Å². The van der Waals surface area contributed by atoms with Crippen molar-refractivity contribution in [2.24, 2.45) is 0 Å². The zero-order valence-electron chi connectivity index (χ0n) is 17.6. The number of aryl methyl sites for hydroxylation is 1. The Bertz CT molecular complexity index is 1170. The van der Waals surface area contributed by atoms with Crippen molar-refractivity contribution < 1.29 is 19.5 Å². The predicted molar refractivity (Wildman–Crippen MR) is 121 cm³/mol. The van der Waals surface area contributed by atoms with E-state index in [4.69, 9.17) is 5.11 Å². The number of carbonyl (C=O) groups excluding carboxylic acids is 2. The number of hydrogen-bond acceptors (Lipinski definition) is 4. The quantitative estimate of drug-likeness (QED) is 0.556. The van der Waals surface area contributed by atoms with Crippen molar-refractivity contribution in [1.82, 2.24) is 10.2 Å². The van der Waals surface area contributed by atoms with Crippen LogP contribution in [0.5, 0.6) is 0 Å². The van der Waals surface area contributed by atoms with Gasteiger partial charge in [-0.25, -0.2) is 4.79 Å². The number of nitrogens with one attached hydrogen (secondary N) is 2. The van der Waals surface area contributed by atoms with E-state index in [9.17, 15) is 14.4 Å². The number of benzene rings is 3. The average Bonchev–Trinajstić information content (AvgIpc) is 2.80. The topological polar surface area (TPSA) is 98.7 Å². The number of amides is 2. The molecule has 0 fully saturated rings. The molecule has 0 saturated carbocycles. The number of rotatable bonds is 6. The van der Waals surface area contributed by atoms with Crippen LogP contribution in [0.25, 0.3) is 0 Å². The fraction of sp³-hybridized carbons (Fsp3) is 0.160. The molecule has 0 spiro atoms. The summed E-state index contributed by atoms with van der Waals surface area (Å²) in [5.74, 6) is -1.42. The van der Waals surface area contributed by atoms with Crippen LogP contribution in [0.3, 0.4) is 0 Å². The van der Waals surface area contributed by atoms with Gasteiger partial charge < -0.3 is 20.6 Å². The zero-order chi connectivity index (χ0) is 22.7. The smallest absolute Gasteiger partial charge is 0.335 e. The van der Waals surface area contributed by atoms with Crippen molar-refractivity contribution in [2.75, 3.05) is 12.0 Å². The largest absolute Gasteiger partial charge is 0.478 e. The Hall–Kier alpha value is -4.13. The molecule has 0 aliphatic carbocycles. The first-order chi connectivity index (χ1) is 15.4. The number of carbonyl (C=O) groups is 3. The van der Waals surface area contributed by atoms with Gasteiger partial charge in [0.25, 0.3) is 11.8 Å². The van der Waals surface area contributed by atoms with Gasteiger partial charge in [0.15, 0.2) is 0 Å². The third-order valence-corrected chi connectivity index (χ3v) is 5.41. The summed E-state index contributed by atoms with van der Waals surface area (Å²) in [6.07, 6.45) is 0. The second kappa shape index (κ2) is 8.93. The molecule has 3 aromatic carbocycles. The van der Waals surface area contributed by atoms with E-state index in [1.165, 1.54) is 12.1 Å². The molecule has 2 amide bonds. The lowest BCUT2D eigenvalue weighted by Crippen LogP contribution is -2.39. The Morgan fingerprint density at radius 3 is 2.31 bits per heavy atom. The minimum atomic E-state index is -0.991. The third kappa shape index (κ3) is 4.62. The number of fused-ring (bicyclic) bond motifs is 1. The summed E-state index contributed by atoms with van der Waals surface area (Å²) in [5, 5.41) is 15.1. The average molecular weight is 429 g/mol. The highest BCUT2D eigenvalue weighted by atomic mass is 16.4. The van der Waals surface area contributed by atoms with Crippen molar-refractivity contribution in [3.8, 4) is 0 Å². The van der Waals surface area contributed by atoms with Gasteiger partial charge in [-0.2, -0.15) is 0 Å². The van der Waals surface area contributed by atoms with Gasteiger partial charge in [-0.1, -0.05) is 42.0 Å². The molecule has 1 aliphatic heterocycles. The molecule has 1 aliphatic rings. The minimum absolute atomic E-state index is 0.186. The summed E-state index contributed by atoms with van der Waals surface area (Å²) in [6.45, 7) is 3.07. The van der Waals surface area contributed by atoms with E-state index in [0.717, 1.165) is 16.7 Å². The van der Waals surface area contributed by atoms with Crippen LogP contribution in [-0.2, 0) is 13.1 Å². The molecule has 7 nitrogen and oxygen atoms in total. The lowest BCUT2D eigenvalue weighted by atomic mass is 10.0. The van der Waals surface area contributed by atoms with E-state index >= 15 is 0 Å². The number of carboxylic acid groups (broad SMARTS) is 1. The predicted octanol–water partition coefficient (Wildman–Crippen LogP) is 3.65. The molecule has 1 heterocycles. The summed E-state index contributed by atoms with van der Waals surface area (Å²) in [7, 11) is 0. The van der Waals surface area contributed by atoms with Crippen LogP contribution in [0.4, 0.5) is 5.69 Å². The van der Waals surface area contributed by atoms with Gasteiger partial charge in [-0.3, -0.25) is 9.59 Å². The second-order valence-corrected chi connectivity index (χ2v) is 7.77. The maximum absolute atomic E-state index is 13.0. The third-order valence-electron chi connectivity index (χ3n) is 5.41. The number of carboxylic acids is 1. The fourth-order valence-corrected chi connectivity index (χ4v) is 3.53. The van der Waals surface area contributed by atoms with Crippen LogP contribution in [0.15, 0.2) is 66.7 Å². The Kier molecular flexibility index (Phi) is 5.89. The monoisotopic (exact) mass is 429 g/mol. The molecule has 0 atom stereocenters. The molecule has 4 rings (SSSR count). The number of nitrogens with zero attached hydrogens (tertiary/aromatic N) is 1. The van der Waals surface area contributed by atoms with Crippen molar-refractivity contribution in [2.45, 2.75) is 20.0 Å². The van der Waals surface area contributed by atoms with Gasteiger partial charge in [0.2, 0.25) is 0 Å². The molecule has 0 radical (unpaired) electrons. The first-order valence-electron chi connectivity index (χ1n) is 10.2. The summed E-state index contributed by atoms with van der Waals surface area (Å²) in [4.78, 5) is 38.3. The first kappa shape index (κ1) is 21.1. The van der Waals surface area contributed by atoms with Crippen LogP contribution in [0.2, 0.25) is 0 Å². The first-order valence-corrected chi connectivity index (χ1v) is 10.2. The molecule has 3 aromatic rings. The van der Waals surface area contributed by atoms with E-state index < -0.39 is 5.97 Å². The van der Waals surface area contributed by atoms with Gasteiger partial charge in [0.1, 0.15) is 0 Å².